The van der Waals surface area contributed by atoms with Crippen molar-refractivity contribution in [3.05, 3.63) is 27.2 Å². The Morgan fingerprint density at radius 2 is 2.14 bits per heavy atom. The molecule has 1 saturated heterocycles. The van der Waals surface area contributed by atoms with Gasteiger partial charge in [0.15, 0.2) is 0 Å². The van der Waals surface area contributed by atoms with Crippen LogP contribution in [0.3, 0.4) is 0 Å². The summed E-state index contributed by atoms with van der Waals surface area (Å²) in [5, 5.41) is 15.0. The van der Waals surface area contributed by atoms with Crippen LogP contribution in [0.2, 0.25) is 0 Å². The van der Waals surface area contributed by atoms with Crippen LogP contribution in [0.1, 0.15) is 47.3 Å². The fourth-order valence-electron chi connectivity index (χ4n) is 2.85. The Morgan fingerprint density at radius 1 is 1.41 bits per heavy atom. The molecule has 1 aliphatic rings. The molecule has 1 aromatic heterocycles. The number of piperidine rings is 1. The van der Waals surface area contributed by atoms with Gasteiger partial charge in [-0.2, -0.15) is 5.10 Å². The smallest absolute Gasteiger partial charge is 0.303 e. The summed E-state index contributed by atoms with van der Waals surface area (Å²) in [5.41, 5.74) is 0.899. The second-order valence-corrected chi connectivity index (χ2v) is 5.83. The summed E-state index contributed by atoms with van der Waals surface area (Å²) >= 11 is 0. The Morgan fingerprint density at radius 3 is 2.82 bits per heavy atom. The lowest BCUT2D eigenvalue weighted by Gasteiger charge is -2.32. The van der Waals surface area contributed by atoms with Gasteiger partial charge in [0.2, 0.25) is 0 Å². The lowest BCUT2D eigenvalue weighted by Crippen LogP contribution is -2.42. The van der Waals surface area contributed by atoms with Crippen molar-refractivity contribution in [2.45, 2.75) is 39.5 Å². The number of aryl methyl sites for hydroxylation is 1. The van der Waals surface area contributed by atoms with E-state index >= 15 is 0 Å². The van der Waals surface area contributed by atoms with Crippen LogP contribution in [0, 0.1) is 19.8 Å². The fraction of sp³-hybridized carbons (Fsp3) is 0.600. The van der Waals surface area contributed by atoms with E-state index in [9.17, 15) is 14.4 Å². The molecule has 22 heavy (non-hydrogen) atoms. The number of amides is 1. The molecule has 7 nitrogen and oxygen atoms in total. The zero-order chi connectivity index (χ0) is 16.3. The number of nitrogens with zero attached hydrogens (tertiary/aromatic N) is 2. The largest absolute Gasteiger partial charge is 0.481 e. The van der Waals surface area contributed by atoms with Crippen LogP contribution in [0.15, 0.2) is 4.79 Å². The van der Waals surface area contributed by atoms with Crippen LogP contribution in [0.25, 0.3) is 0 Å². The zero-order valence-electron chi connectivity index (χ0n) is 12.9. The van der Waals surface area contributed by atoms with Gasteiger partial charge in [-0.3, -0.25) is 14.4 Å². The van der Waals surface area contributed by atoms with E-state index in [1.807, 2.05) is 0 Å². The van der Waals surface area contributed by atoms with Gasteiger partial charge in [0.25, 0.3) is 11.5 Å². The first-order chi connectivity index (χ1) is 10.4. The quantitative estimate of drug-likeness (QED) is 0.867. The number of carboxylic acids is 1. The van der Waals surface area contributed by atoms with Crippen molar-refractivity contribution in [3.8, 4) is 0 Å². The summed E-state index contributed by atoms with van der Waals surface area (Å²) in [6, 6.07) is 0. The van der Waals surface area contributed by atoms with Crippen molar-refractivity contribution in [2.24, 2.45) is 5.92 Å². The van der Waals surface area contributed by atoms with E-state index in [0.717, 1.165) is 12.8 Å². The highest BCUT2D eigenvalue weighted by Gasteiger charge is 2.27. The molecule has 0 aliphatic carbocycles. The first kappa shape index (κ1) is 16.2. The molecule has 1 unspecified atom stereocenters. The first-order valence-electron chi connectivity index (χ1n) is 7.47. The minimum absolute atomic E-state index is 0.112. The molecule has 7 heteroatoms. The Balaban J connectivity index is 2.14. The summed E-state index contributed by atoms with van der Waals surface area (Å²) in [7, 11) is 0. The lowest BCUT2D eigenvalue weighted by atomic mass is 9.93. The highest BCUT2D eigenvalue weighted by Crippen LogP contribution is 2.22. The number of aromatic nitrogens is 2. The number of likely N-dealkylation sites (tertiary alicyclic amines) is 1. The average molecular weight is 307 g/mol. The van der Waals surface area contributed by atoms with Gasteiger partial charge < -0.3 is 10.0 Å². The van der Waals surface area contributed by atoms with Crippen LogP contribution < -0.4 is 5.56 Å². The van der Waals surface area contributed by atoms with Gasteiger partial charge in [0.1, 0.15) is 5.56 Å². The molecule has 120 valence electrons. The van der Waals surface area contributed by atoms with Crippen LogP contribution in [-0.2, 0) is 4.79 Å². The Bertz CT molecular complexity index is 638. The Hall–Kier alpha value is -2.18. The second kappa shape index (κ2) is 6.72. The molecule has 2 N–H and O–H groups in total. The van der Waals surface area contributed by atoms with Crippen LogP contribution >= 0.6 is 0 Å². The molecule has 1 atom stereocenters. The molecule has 1 fully saturated rings. The molecule has 0 aromatic carbocycles. The SMILES string of the molecule is Cc1n[nH]c(=O)c(C(=O)N2CCCC(CCC(=O)O)C2)c1C. The third-order valence-corrected chi connectivity index (χ3v) is 4.26. The van der Waals surface area contributed by atoms with Gasteiger partial charge in [0, 0.05) is 19.5 Å². The average Bonchev–Trinajstić information content (AvgIpc) is 2.49. The van der Waals surface area contributed by atoms with Crippen molar-refractivity contribution in [2.75, 3.05) is 13.1 Å². The molecular formula is C15H21N3O4. The zero-order valence-corrected chi connectivity index (χ0v) is 12.9. The normalized spacial score (nSPS) is 18.3. The Kier molecular flexibility index (Phi) is 4.95. The highest BCUT2D eigenvalue weighted by atomic mass is 16.4. The van der Waals surface area contributed by atoms with Crippen LogP contribution in [0.4, 0.5) is 0 Å². The predicted molar refractivity (Wildman–Crippen MR) is 79.8 cm³/mol. The van der Waals surface area contributed by atoms with Crippen LogP contribution in [-0.4, -0.2) is 45.2 Å². The summed E-state index contributed by atoms with van der Waals surface area (Å²) < 4.78 is 0. The molecule has 0 saturated carbocycles. The number of aromatic amines is 1. The molecular weight excluding hydrogens is 286 g/mol. The topological polar surface area (TPSA) is 103 Å². The third kappa shape index (κ3) is 3.52. The van der Waals surface area contributed by atoms with Gasteiger partial charge >= 0.3 is 5.97 Å². The number of hydrogen-bond donors (Lipinski definition) is 2. The van der Waals surface area contributed by atoms with Crippen molar-refractivity contribution in [1.82, 2.24) is 15.1 Å². The standard InChI is InChI=1S/C15H21N3O4/c1-9-10(2)16-17-14(21)13(9)15(22)18-7-3-4-11(8-18)5-6-12(19)20/h11H,3-8H2,1-2H3,(H,17,21)(H,19,20). The van der Waals surface area contributed by atoms with Crippen molar-refractivity contribution < 1.29 is 14.7 Å². The molecule has 2 heterocycles. The van der Waals surface area contributed by atoms with Crippen molar-refractivity contribution in [1.29, 1.82) is 0 Å². The Labute approximate surface area is 128 Å². The van der Waals surface area contributed by atoms with E-state index < -0.39 is 11.5 Å². The number of rotatable bonds is 4. The molecule has 0 spiro atoms. The number of H-pyrrole nitrogens is 1. The van der Waals surface area contributed by atoms with Crippen LogP contribution in [0.5, 0.6) is 0 Å². The molecule has 0 bridgehead atoms. The summed E-state index contributed by atoms with van der Waals surface area (Å²) in [5.74, 6) is -0.930. The number of hydrogen-bond acceptors (Lipinski definition) is 4. The predicted octanol–water partition coefficient (Wildman–Crippen LogP) is 1.10. The molecule has 1 aliphatic heterocycles. The van der Waals surface area contributed by atoms with Crippen molar-refractivity contribution >= 4 is 11.9 Å². The minimum atomic E-state index is -0.819. The molecule has 0 radical (unpaired) electrons. The number of carbonyl (C=O) groups excluding carboxylic acids is 1. The maximum absolute atomic E-state index is 12.6. The summed E-state index contributed by atoms with van der Waals surface area (Å²) in [6.45, 7) is 4.57. The molecule has 2 rings (SSSR count). The maximum atomic E-state index is 12.6. The monoisotopic (exact) mass is 307 g/mol. The maximum Gasteiger partial charge on any atom is 0.303 e. The van der Waals surface area contributed by atoms with Gasteiger partial charge in [-0.25, -0.2) is 5.10 Å². The second-order valence-electron chi connectivity index (χ2n) is 5.83. The number of carbonyl (C=O) groups is 2. The van der Waals surface area contributed by atoms with E-state index in [2.05, 4.69) is 10.2 Å². The number of aliphatic carboxylic acids is 1. The van der Waals surface area contributed by atoms with E-state index in [4.69, 9.17) is 5.11 Å². The molecule has 1 aromatic rings. The van der Waals surface area contributed by atoms with Gasteiger partial charge in [-0.1, -0.05) is 0 Å². The van der Waals surface area contributed by atoms with Gasteiger partial charge in [-0.05, 0) is 44.6 Å². The third-order valence-electron chi connectivity index (χ3n) is 4.26. The summed E-state index contributed by atoms with van der Waals surface area (Å²) in [4.78, 5) is 36.9. The van der Waals surface area contributed by atoms with Crippen molar-refractivity contribution in [3.63, 3.8) is 0 Å². The first-order valence-corrected chi connectivity index (χ1v) is 7.47. The summed E-state index contributed by atoms with van der Waals surface area (Å²) in [6.07, 6.45) is 2.42. The van der Waals surface area contributed by atoms with Gasteiger partial charge in [0.05, 0.1) is 5.69 Å². The lowest BCUT2D eigenvalue weighted by molar-refractivity contribution is -0.137. The van der Waals surface area contributed by atoms with E-state index in [1.165, 1.54) is 0 Å². The van der Waals surface area contributed by atoms with Gasteiger partial charge in [-0.15, -0.1) is 0 Å². The van der Waals surface area contributed by atoms with E-state index in [-0.39, 0.29) is 23.8 Å². The van der Waals surface area contributed by atoms with E-state index in [1.54, 1.807) is 18.7 Å². The highest BCUT2D eigenvalue weighted by molar-refractivity contribution is 5.95. The number of nitrogens with one attached hydrogen (secondary N) is 1. The number of carboxylic acid groups (broad SMARTS) is 1. The molecule has 1 amide bonds. The van der Waals surface area contributed by atoms with E-state index in [0.29, 0.717) is 30.8 Å². The fourth-order valence-corrected chi connectivity index (χ4v) is 2.85. The minimum Gasteiger partial charge on any atom is -0.481 e.